The van der Waals surface area contributed by atoms with Gasteiger partial charge in [-0.25, -0.2) is 8.42 Å². The summed E-state index contributed by atoms with van der Waals surface area (Å²) in [4.78, 5) is 3.86. The molecule has 0 saturated carbocycles. The zero-order valence-corrected chi connectivity index (χ0v) is 12.8. The van der Waals surface area contributed by atoms with E-state index in [-0.39, 0.29) is 16.0 Å². The van der Waals surface area contributed by atoms with Crippen molar-refractivity contribution in [2.45, 2.75) is 17.9 Å². The van der Waals surface area contributed by atoms with Crippen LogP contribution in [0.4, 0.5) is 0 Å². The molecule has 0 amide bonds. The quantitative estimate of drug-likeness (QED) is 0.872. The number of rotatable bonds is 4. The topological polar surface area (TPSA) is 50.3 Å². The molecular formula is C14H15ClN2O2S. The van der Waals surface area contributed by atoms with Gasteiger partial charge in [0.25, 0.3) is 0 Å². The van der Waals surface area contributed by atoms with Crippen LogP contribution in [-0.2, 0) is 10.0 Å². The maximum absolute atomic E-state index is 12.6. The molecule has 2 aromatic rings. The van der Waals surface area contributed by atoms with Gasteiger partial charge in [-0.15, -0.1) is 0 Å². The number of pyridine rings is 1. The first-order chi connectivity index (χ1) is 9.44. The standard InChI is InChI=1S/C14H15ClN2O2S/c1-11(12-6-4-3-5-7-12)17(2)20(18,19)14-10-16-9-8-13(14)15/h3-11H,1-2H3. The van der Waals surface area contributed by atoms with E-state index < -0.39 is 10.0 Å². The highest BCUT2D eigenvalue weighted by atomic mass is 35.5. The van der Waals surface area contributed by atoms with Gasteiger partial charge in [0.15, 0.2) is 0 Å². The third-order valence-electron chi connectivity index (χ3n) is 3.22. The maximum atomic E-state index is 12.6. The van der Waals surface area contributed by atoms with Crippen molar-refractivity contribution < 1.29 is 8.42 Å². The second-order valence-electron chi connectivity index (χ2n) is 4.41. The summed E-state index contributed by atoms with van der Waals surface area (Å²) in [6, 6.07) is 10.6. The lowest BCUT2D eigenvalue weighted by molar-refractivity contribution is 0.398. The van der Waals surface area contributed by atoms with Crippen LogP contribution >= 0.6 is 11.6 Å². The number of benzene rings is 1. The molecule has 0 radical (unpaired) electrons. The third-order valence-corrected chi connectivity index (χ3v) is 5.62. The van der Waals surface area contributed by atoms with E-state index in [0.29, 0.717) is 0 Å². The molecule has 1 aromatic heterocycles. The van der Waals surface area contributed by atoms with Crippen LogP contribution in [-0.4, -0.2) is 24.8 Å². The van der Waals surface area contributed by atoms with Gasteiger partial charge < -0.3 is 0 Å². The van der Waals surface area contributed by atoms with E-state index in [1.807, 2.05) is 37.3 Å². The molecule has 106 valence electrons. The largest absolute Gasteiger partial charge is 0.263 e. The first kappa shape index (κ1) is 15.0. The fourth-order valence-electron chi connectivity index (χ4n) is 1.86. The summed E-state index contributed by atoms with van der Waals surface area (Å²) < 4.78 is 26.4. The van der Waals surface area contributed by atoms with E-state index in [1.165, 1.54) is 29.8 Å². The van der Waals surface area contributed by atoms with Crippen LogP contribution in [0.3, 0.4) is 0 Å². The number of sulfonamides is 1. The van der Waals surface area contributed by atoms with Gasteiger partial charge in [-0.3, -0.25) is 4.98 Å². The van der Waals surface area contributed by atoms with Crippen molar-refractivity contribution in [2.75, 3.05) is 7.05 Å². The zero-order valence-electron chi connectivity index (χ0n) is 11.2. The Hall–Kier alpha value is -1.43. The van der Waals surface area contributed by atoms with Gasteiger partial charge in [-0.05, 0) is 18.6 Å². The molecule has 0 aliphatic heterocycles. The van der Waals surface area contributed by atoms with Crippen LogP contribution in [0.1, 0.15) is 18.5 Å². The number of halogens is 1. The summed E-state index contributed by atoms with van der Waals surface area (Å²) in [7, 11) is -2.14. The average molecular weight is 311 g/mol. The molecule has 6 heteroatoms. The van der Waals surface area contributed by atoms with Gasteiger partial charge in [0.1, 0.15) is 4.90 Å². The van der Waals surface area contributed by atoms with Crippen molar-refractivity contribution in [3.05, 3.63) is 59.4 Å². The molecular weight excluding hydrogens is 296 g/mol. The van der Waals surface area contributed by atoms with Gasteiger partial charge in [-0.1, -0.05) is 41.9 Å². The summed E-state index contributed by atoms with van der Waals surface area (Å²) in [5, 5.41) is 0.173. The predicted octanol–water partition coefficient (Wildman–Crippen LogP) is 3.12. The molecule has 0 aliphatic carbocycles. The molecule has 2 rings (SSSR count). The lowest BCUT2D eigenvalue weighted by Crippen LogP contribution is -2.30. The van der Waals surface area contributed by atoms with Crippen molar-refractivity contribution in [1.29, 1.82) is 0 Å². The van der Waals surface area contributed by atoms with Crippen molar-refractivity contribution in [3.63, 3.8) is 0 Å². The van der Waals surface area contributed by atoms with Gasteiger partial charge >= 0.3 is 0 Å². The van der Waals surface area contributed by atoms with Crippen LogP contribution in [0.25, 0.3) is 0 Å². The Balaban J connectivity index is 2.38. The Labute approximate surface area is 124 Å². The van der Waals surface area contributed by atoms with Crippen LogP contribution in [0, 0.1) is 0 Å². The second-order valence-corrected chi connectivity index (χ2v) is 6.79. The molecule has 0 aliphatic rings. The summed E-state index contributed by atoms with van der Waals surface area (Å²) in [5.41, 5.74) is 0.915. The Morgan fingerprint density at radius 1 is 1.20 bits per heavy atom. The Kier molecular flexibility index (Phi) is 4.42. The predicted molar refractivity (Wildman–Crippen MR) is 79.1 cm³/mol. The van der Waals surface area contributed by atoms with Crippen molar-refractivity contribution >= 4 is 21.6 Å². The SMILES string of the molecule is CC(c1ccccc1)N(C)S(=O)(=O)c1cnccc1Cl. The number of aromatic nitrogens is 1. The van der Waals surface area contributed by atoms with Crippen LogP contribution in [0.2, 0.25) is 5.02 Å². The Morgan fingerprint density at radius 3 is 2.45 bits per heavy atom. The van der Waals surface area contributed by atoms with E-state index >= 15 is 0 Å². The molecule has 1 unspecified atom stereocenters. The monoisotopic (exact) mass is 310 g/mol. The normalized spacial score (nSPS) is 13.4. The second kappa shape index (κ2) is 5.91. The van der Waals surface area contributed by atoms with Gasteiger partial charge in [0.2, 0.25) is 10.0 Å². The molecule has 4 nitrogen and oxygen atoms in total. The van der Waals surface area contributed by atoms with E-state index in [2.05, 4.69) is 4.98 Å². The van der Waals surface area contributed by atoms with Gasteiger partial charge in [-0.2, -0.15) is 4.31 Å². The lowest BCUT2D eigenvalue weighted by atomic mass is 10.1. The minimum atomic E-state index is -3.68. The van der Waals surface area contributed by atoms with Crippen molar-refractivity contribution in [3.8, 4) is 0 Å². The first-order valence-corrected chi connectivity index (χ1v) is 7.89. The molecule has 0 bridgehead atoms. The first-order valence-electron chi connectivity index (χ1n) is 6.07. The van der Waals surface area contributed by atoms with E-state index in [0.717, 1.165) is 5.56 Å². The van der Waals surface area contributed by atoms with Gasteiger partial charge in [0, 0.05) is 25.5 Å². The molecule has 0 spiro atoms. The molecule has 0 saturated heterocycles. The fourth-order valence-corrected chi connectivity index (χ4v) is 3.61. The van der Waals surface area contributed by atoms with Crippen LogP contribution in [0.5, 0.6) is 0 Å². The zero-order chi connectivity index (χ0) is 14.8. The summed E-state index contributed by atoms with van der Waals surface area (Å²) in [6.07, 6.45) is 2.73. The number of hydrogen-bond donors (Lipinski definition) is 0. The minimum absolute atomic E-state index is 0.0203. The molecule has 1 heterocycles. The number of hydrogen-bond acceptors (Lipinski definition) is 3. The molecule has 1 aromatic carbocycles. The number of nitrogens with zero attached hydrogens (tertiary/aromatic N) is 2. The summed E-state index contributed by atoms with van der Waals surface area (Å²) in [5.74, 6) is 0. The fraction of sp³-hybridized carbons (Fsp3) is 0.214. The van der Waals surface area contributed by atoms with Gasteiger partial charge in [0.05, 0.1) is 5.02 Å². The highest BCUT2D eigenvalue weighted by molar-refractivity contribution is 7.89. The van der Waals surface area contributed by atoms with Crippen molar-refractivity contribution in [2.24, 2.45) is 0 Å². The molecule has 1 atom stereocenters. The lowest BCUT2D eigenvalue weighted by Gasteiger charge is -2.24. The maximum Gasteiger partial charge on any atom is 0.246 e. The van der Waals surface area contributed by atoms with E-state index in [4.69, 9.17) is 11.6 Å². The molecule has 0 fully saturated rings. The Bertz CT molecular complexity index is 689. The summed E-state index contributed by atoms with van der Waals surface area (Å²) in [6.45, 7) is 1.83. The van der Waals surface area contributed by atoms with E-state index in [9.17, 15) is 8.42 Å². The Morgan fingerprint density at radius 2 is 1.85 bits per heavy atom. The highest BCUT2D eigenvalue weighted by Crippen LogP contribution is 2.28. The molecule has 0 N–H and O–H groups in total. The molecule has 20 heavy (non-hydrogen) atoms. The summed E-state index contributed by atoms with van der Waals surface area (Å²) >= 11 is 5.96. The van der Waals surface area contributed by atoms with Crippen molar-refractivity contribution in [1.82, 2.24) is 9.29 Å². The van der Waals surface area contributed by atoms with E-state index in [1.54, 1.807) is 0 Å². The smallest absolute Gasteiger partial charge is 0.246 e. The minimum Gasteiger partial charge on any atom is -0.263 e. The highest BCUT2D eigenvalue weighted by Gasteiger charge is 2.28. The van der Waals surface area contributed by atoms with Crippen LogP contribution < -0.4 is 0 Å². The third kappa shape index (κ3) is 2.85. The van der Waals surface area contributed by atoms with Crippen LogP contribution in [0.15, 0.2) is 53.7 Å². The average Bonchev–Trinajstić information content (AvgIpc) is 2.47.